The van der Waals surface area contributed by atoms with E-state index in [1.807, 2.05) is 19.1 Å². The largest absolute Gasteiger partial charge is 0.508 e. The monoisotopic (exact) mass is 337 g/mol. The number of phenolic OH excluding ortho intramolecular Hbond substituents is 1. The number of carbonyl (C=O) groups excluding carboxylic acids is 1. The standard InChI is InChI=1S/C21H23NO3/c1-15-20(21(24)25-2)18-14-17(23)11-12-19(18)22(15)13-7-6-10-16-8-4-3-5-9-16/h3-5,8-9,11-12,14,23H,6-7,10,13H2,1-2H3. The van der Waals surface area contributed by atoms with Crippen molar-refractivity contribution in [1.82, 2.24) is 4.57 Å². The van der Waals surface area contributed by atoms with Crippen molar-refractivity contribution in [2.75, 3.05) is 7.11 Å². The molecule has 0 aliphatic rings. The summed E-state index contributed by atoms with van der Waals surface area (Å²) in [5.74, 6) is -0.213. The zero-order valence-electron chi connectivity index (χ0n) is 14.7. The number of aromatic nitrogens is 1. The van der Waals surface area contributed by atoms with E-state index in [-0.39, 0.29) is 11.7 Å². The second-order valence-electron chi connectivity index (χ2n) is 6.25. The van der Waals surface area contributed by atoms with Crippen LogP contribution in [0.5, 0.6) is 5.75 Å². The zero-order chi connectivity index (χ0) is 17.8. The number of benzene rings is 2. The fourth-order valence-electron chi connectivity index (χ4n) is 3.36. The summed E-state index contributed by atoms with van der Waals surface area (Å²) in [6, 6.07) is 15.6. The Hall–Kier alpha value is -2.75. The number of carbonyl (C=O) groups is 1. The van der Waals surface area contributed by atoms with E-state index in [2.05, 4.69) is 28.8 Å². The van der Waals surface area contributed by atoms with Gasteiger partial charge in [-0.25, -0.2) is 4.79 Å². The molecule has 2 aromatic carbocycles. The van der Waals surface area contributed by atoms with Gasteiger partial charge in [0.05, 0.1) is 12.7 Å². The molecule has 3 rings (SSSR count). The van der Waals surface area contributed by atoms with E-state index in [1.165, 1.54) is 12.7 Å². The van der Waals surface area contributed by atoms with Crippen molar-refractivity contribution in [3.05, 3.63) is 65.4 Å². The van der Waals surface area contributed by atoms with Crippen LogP contribution in [0.3, 0.4) is 0 Å². The Kier molecular flexibility index (Phi) is 5.08. The van der Waals surface area contributed by atoms with Crippen molar-refractivity contribution in [3.8, 4) is 5.75 Å². The molecule has 0 radical (unpaired) electrons. The van der Waals surface area contributed by atoms with Gasteiger partial charge in [-0.05, 0) is 49.9 Å². The average molecular weight is 337 g/mol. The first kappa shape index (κ1) is 17.1. The number of hydrogen-bond acceptors (Lipinski definition) is 3. The number of esters is 1. The average Bonchev–Trinajstić information content (AvgIpc) is 2.90. The smallest absolute Gasteiger partial charge is 0.340 e. The summed E-state index contributed by atoms with van der Waals surface area (Å²) in [6.45, 7) is 2.76. The molecule has 1 N–H and O–H groups in total. The lowest BCUT2D eigenvalue weighted by Crippen LogP contribution is -2.06. The third-order valence-electron chi connectivity index (χ3n) is 4.64. The van der Waals surface area contributed by atoms with Crippen molar-refractivity contribution >= 4 is 16.9 Å². The molecular weight excluding hydrogens is 314 g/mol. The molecule has 0 amide bonds. The quantitative estimate of drug-likeness (QED) is 0.533. The van der Waals surface area contributed by atoms with Crippen molar-refractivity contribution in [2.45, 2.75) is 32.7 Å². The van der Waals surface area contributed by atoms with Crippen LogP contribution < -0.4 is 0 Å². The number of aryl methyl sites for hydroxylation is 2. The number of rotatable bonds is 6. The highest BCUT2D eigenvalue weighted by molar-refractivity contribution is 6.06. The highest BCUT2D eigenvalue weighted by atomic mass is 16.5. The van der Waals surface area contributed by atoms with E-state index in [1.54, 1.807) is 12.1 Å². The van der Waals surface area contributed by atoms with Gasteiger partial charge in [0.2, 0.25) is 0 Å². The van der Waals surface area contributed by atoms with Gasteiger partial charge in [0.25, 0.3) is 0 Å². The Labute approximate surface area is 147 Å². The summed E-state index contributed by atoms with van der Waals surface area (Å²) in [4.78, 5) is 12.2. The maximum absolute atomic E-state index is 12.2. The fraction of sp³-hybridized carbons (Fsp3) is 0.286. The SMILES string of the molecule is COC(=O)c1c(C)n(CCCCc2ccccc2)c2ccc(O)cc12. The van der Waals surface area contributed by atoms with Crippen LogP contribution >= 0.6 is 0 Å². The molecule has 0 atom stereocenters. The van der Waals surface area contributed by atoms with E-state index in [9.17, 15) is 9.90 Å². The molecular formula is C21H23NO3. The summed E-state index contributed by atoms with van der Waals surface area (Å²) >= 11 is 0. The number of ether oxygens (including phenoxy) is 1. The first-order chi connectivity index (χ1) is 12.1. The molecule has 1 heterocycles. The highest BCUT2D eigenvalue weighted by Crippen LogP contribution is 2.30. The molecule has 4 heteroatoms. The van der Waals surface area contributed by atoms with Crippen LogP contribution in [-0.4, -0.2) is 22.8 Å². The Morgan fingerprint density at radius 2 is 1.88 bits per heavy atom. The van der Waals surface area contributed by atoms with Crippen molar-refractivity contribution < 1.29 is 14.6 Å². The molecule has 0 saturated heterocycles. The van der Waals surface area contributed by atoms with Gasteiger partial charge in [-0.15, -0.1) is 0 Å². The minimum Gasteiger partial charge on any atom is -0.508 e. The topological polar surface area (TPSA) is 51.5 Å². The molecule has 130 valence electrons. The van der Waals surface area contributed by atoms with Gasteiger partial charge in [-0.3, -0.25) is 0 Å². The predicted molar refractivity (Wildman–Crippen MR) is 99.1 cm³/mol. The fourth-order valence-corrected chi connectivity index (χ4v) is 3.36. The predicted octanol–water partition coefficient (Wildman–Crippen LogP) is 4.46. The molecule has 0 bridgehead atoms. The van der Waals surface area contributed by atoms with Crippen molar-refractivity contribution in [3.63, 3.8) is 0 Å². The Morgan fingerprint density at radius 3 is 2.60 bits per heavy atom. The number of hydrogen-bond donors (Lipinski definition) is 1. The molecule has 25 heavy (non-hydrogen) atoms. The van der Waals surface area contributed by atoms with Crippen LogP contribution in [0.25, 0.3) is 10.9 Å². The van der Waals surface area contributed by atoms with Crippen LogP contribution in [-0.2, 0) is 17.7 Å². The van der Waals surface area contributed by atoms with Gasteiger partial charge in [0.1, 0.15) is 5.75 Å². The molecule has 3 aromatic rings. The summed E-state index contributed by atoms with van der Waals surface area (Å²) in [6.07, 6.45) is 3.14. The van der Waals surface area contributed by atoms with E-state index < -0.39 is 0 Å². The molecule has 0 fully saturated rings. The molecule has 1 aromatic heterocycles. The first-order valence-electron chi connectivity index (χ1n) is 8.56. The Morgan fingerprint density at radius 1 is 1.12 bits per heavy atom. The van der Waals surface area contributed by atoms with Gasteiger partial charge in [-0.2, -0.15) is 0 Å². The van der Waals surface area contributed by atoms with Crippen molar-refractivity contribution in [1.29, 1.82) is 0 Å². The number of fused-ring (bicyclic) bond motifs is 1. The van der Waals surface area contributed by atoms with Crippen LogP contribution in [0.2, 0.25) is 0 Å². The van der Waals surface area contributed by atoms with Crippen LogP contribution in [0.4, 0.5) is 0 Å². The Balaban J connectivity index is 1.81. The lowest BCUT2D eigenvalue weighted by molar-refractivity contribution is 0.0602. The molecule has 4 nitrogen and oxygen atoms in total. The van der Waals surface area contributed by atoms with Gasteiger partial charge in [0.15, 0.2) is 0 Å². The maximum Gasteiger partial charge on any atom is 0.340 e. The third kappa shape index (κ3) is 3.53. The van der Waals surface area contributed by atoms with Gasteiger partial charge >= 0.3 is 5.97 Å². The lowest BCUT2D eigenvalue weighted by Gasteiger charge is -2.09. The summed E-state index contributed by atoms with van der Waals surface area (Å²) in [5, 5.41) is 10.5. The number of aromatic hydroxyl groups is 1. The summed E-state index contributed by atoms with van der Waals surface area (Å²) < 4.78 is 7.07. The highest BCUT2D eigenvalue weighted by Gasteiger charge is 2.20. The number of phenols is 1. The number of methoxy groups -OCH3 is 1. The summed E-state index contributed by atoms with van der Waals surface area (Å²) in [5.41, 5.74) is 3.72. The van der Waals surface area contributed by atoms with Gasteiger partial charge < -0.3 is 14.4 Å². The zero-order valence-corrected chi connectivity index (χ0v) is 14.7. The minimum absolute atomic E-state index is 0.152. The van der Waals surface area contributed by atoms with E-state index in [0.717, 1.165) is 42.4 Å². The summed E-state index contributed by atoms with van der Waals surface area (Å²) in [7, 11) is 1.38. The van der Waals surface area contributed by atoms with E-state index >= 15 is 0 Å². The van der Waals surface area contributed by atoms with E-state index in [4.69, 9.17) is 4.74 Å². The Bertz CT molecular complexity index is 881. The van der Waals surface area contributed by atoms with E-state index in [0.29, 0.717) is 5.56 Å². The maximum atomic E-state index is 12.2. The van der Waals surface area contributed by atoms with Gasteiger partial charge in [0, 0.05) is 23.1 Å². The normalized spacial score (nSPS) is 11.0. The third-order valence-corrected chi connectivity index (χ3v) is 4.64. The van der Waals surface area contributed by atoms with Crippen LogP contribution in [0.1, 0.15) is 34.5 Å². The second-order valence-corrected chi connectivity index (χ2v) is 6.25. The molecule has 0 aliphatic carbocycles. The minimum atomic E-state index is -0.365. The number of nitrogens with zero attached hydrogens (tertiary/aromatic N) is 1. The lowest BCUT2D eigenvalue weighted by atomic mass is 10.1. The molecule has 0 saturated carbocycles. The van der Waals surface area contributed by atoms with Gasteiger partial charge in [-0.1, -0.05) is 30.3 Å². The molecule has 0 unspecified atom stereocenters. The van der Waals surface area contributed by atoms with Crippen LogP contribution in [0, 0.1) is 6.92 Å². The molecule has 0 aliphatic heterocycles. The molecule has 0 spiro atoms. The second kappa shape index (κ2) is 7.43. The van der Waals surface area contributed by atoms with Crippen molar-refractivity contribution in [2.24, 2.45) is 0 Å². The first-order valence-corrected chi connectivity index (χ1v) is 8.56. The van der Waals surface area contributed by atoms with Crippen LogP contribution in [0.15, 0.2) is 48.5 Å². The number of unbranched alkanes of at least 4 members (excludes halogenated alkanes) is 1.